The number of hydrogen-bond donors (Lipinski definition) is 0. The maximum atomic E-state index is 13.4. The second-order valence-corrected chi connectivity index (χ2v) is 9.20. The summed E-state index contributed by atoms with van der Waals surface area (Å²) in [4.78, 5) is 0. The topological polar surface area (TPSA) is 0 Å². The molecule has 8 heteroatoms. The summed E-state index contributed by atoms with van der Waals surface area (Å²) in [6, 6.07) is 5.68. The molecule has 0 bridgehead atoms. The van der Waals surface area contributed by atoms with Crippen LogP contribution in [0, 0.1) is 0 Å². The first-order chi connectivity index (χ1) is 14.8. The van der Waals surface area contributed by atoms with Gasteiger partial charge in [0.15, 0.2) is 0 Å². The zero-order valence-corrected chi connectivity index (χ0v) is 17.0. The summed E-state index contributed by atoms with van der Waals surface area (Å²) >= 11 is 0. The Balaban J connectivity index is 0.000000139. The van der Waals surface area contributed by atoms with Gasteiger partial charge in [0.2, 0.25) is 0 Å². The number of fused-ring (bicyclic) bond motifs is 4. The highest BCUT2D eigenvalue weighted by Crippen LogP contribution is 2.63. The molecule has 0 nitrogen and oxygen atoms in total. The molecule has 2 aromatic carbocycles. The summed E-state index contributed by atoms with van der Waals surface area (Å²) < 4.78 is 106. The molecule has 0 aliphatic heterocycles. The lowest BCUT2D eigenvalue weighted by Crippen LogP contribution is -2.43. The molecule has 0 saturated heterocycles. The van der Waals surface area contributed by atoms with Crippen LogP contribution in [-0.4, -0.2) is 11.8 Å². The fourth-order valence-corrected chi connectivity index (χ4v) is 5.35. The zero-order chi connectivity index (χ0) is 23.1. The van der Waals surface area contributed by atoms with E-state index in [9.17, 15) is 35.1 Å². The standard InChI is InChI=1S/C12H8F6.C12H12F2/c13-10(14)8-4-6-2-1-3-7(6)5-9(8)11(15,16)12(10,17)18;13-12(14)6-10-4-8-2-1-3-9(8)5-11(10)7-12/h4-5H,1-3H2;4-5H,1-3,6-7H2. The first-order valence-corrected chi connectivity index (χ1v) is 10.6. The Morgan fingerprint density at radius 2 is 0.812 bits per heavy atom. The van der Waals surface area contributed by atoms with Crippen molar-refractivity contribution >= 4 is 0 Å². The molecule has 2 aromatic rings. The van der Waals surface area contributed by atoms with Crippen molar-refractivity contribution in [3.63, 3.8) is 0 Å². The van der Waals surface area contributed by atoms with E-state index in [4.69, 9.17) is 0 Å². The minimum Gasteiger partial charge on any atom is -0.206 e. The SMILES string of the molecule is FC1(F)Cc2cc3c(cc2C1)CCC3.FC1(F)c2cc3c(cc2C(F)(F)C1(F)F)CCC3. The lowest BCUT2D eigenvalue weighted by atomic mass is 10.0. The van der Waals surface area contributed by atoms with Gasteiger partial charge < -0.3 is 0 Å². The number of rotatable bonds is 0. The molecule has 0 amide bonds. The average molecular weight is 460 g/mol. The molecular formula is C24H20F8. The van der Waals surface area contributed by atoms with E-state index in [-0.39, 0.29) is 12.8 Å². The van der Waals surface area contributed by atoms with Crippen LogP contribution in [0.2, 0.25) is 0 Å². The molecule has 0 heterocycles. The normalized spacial score (nSPS) is 24.2. The van der Waals surface area contributed by atoms with Crippen LogP contribution in [0.3, 0.4) is 0 Å². The Hall–Kier alpha value is -2.12. The van der Waals surface area contributed by atoms with E-state index < -0.39 is 34.8 Å². The maximum Gasteiger partial charge on any atom is 0.380 e. The smallest absolute Gasteiger partial charge is 0.206 e. The predicted molar refractivity (Wildman–Crippen MR) is 102 cm³/mol. The van der Waals surface area contributed by atoms with E-state index in [1.165, 1.54) is 17.5 Å². The molecule has 0 saturated carbocycles. The Bertz CT molecular complexity index is 1020. The highest BCUT2D eigenvalue weighted by Gasteiger charge is 2.79. The van der Waals surface area contributed by atoms with Gasteiger partial charge >= 0.3 is 17.8 Å². The van der Waals surface area contributed by atoms with Crippen molar-refractivity contribution in [3.05, 3.63) is 68.8 Å². The van der Waals surface area contributed by atoms with Gasteiger partial charge in [-0.05, 0) is 84.0 Å². The van der Waals surface area contributed by atoms with Crippen LogP contribution >= 0.6 is 0 Å². The van der Waals surface area contributed by atoms with Gasteiger partial charge in [0.25, 0.3) is 5.92 Å². The number of benzene rings is 2. The third-order valence-electron chi connectivity index (χ3n) is 7.01. The second-order valence-electron chi connectivity index (χ2n) is 9.20. The molecule has 0 N–H and O–H groups in total. The third-order valence-corrected chi connectivity index (χ3v) is 7.01. The van der Waals surface area contributed by atoms with Gasteiger partial charge in [-0.2, -0.15) is 26.3 Å². The van der Waals surface area contributed by atoms with E-state index >= 15 is 0 Å². The number of alkyl halides is 8. The summed E-state index contributed by atoms with van der Waals surface area (Å²) in [7, 11) is 0. The zero-order valence-electron chi connectivity index (χ0n) is 17.0. The predicted octanol–water partition coefficient (Wildman–Crippen LogP) is 6.92. The molecule has 4 aliphatic rings. The van der Waals surface area contributed by atoms with Crippen molar-refractivity contribution in [1.29, 1.82) is 0 Å². The number of aryl methyl sites for hydroxylation is 4. The number of hydrogen-bond acceptors (Lipinski definition) is 0. The van der Waals surface area contributed by atoms with Crippen molar-refractivity contribution in [2.45, 2.75) is 75.1 Å². The van der Waals surface area contributed by atoms with Gasteiger partial charge in [0.1, 0.15) is 0 Å². The summed E-state index contributed by atoms with van der Waals surface area (Å²) in [6.45, 7) is 0. The fraction of sp³-hybridized carbons (Fsp3) is 0.500. The lowest BCUT2D eigenvalue weighted by molar-refractivity contribution is -0.302. The van der Waals surface area contributed by atoms with Gasteiger partial charge in [0.05, 0.1) is 0 Å². The van der Waals surface area contributed by atoms with Gasteiger partial charge in [-0.25, -0.2) is 8.78 Å². The molecule has 0 fully saturated rings. The summed E-state index contributed by atoms with van der Waals surface area (Å²) in [5, 5.41) is 0. The summed E-state index contributed by atoms with van der Waals surface area (Å²) in [5.74, 6) is -17.5. The van der Waals surface area contributed by atoms with Crippen molar-refractivity contribution in [1.82, 2.24) is 0 Å². The van der Waals surface area contributed by atoms with Crippen LogP contribution in [0.15, 0.2) is 24.3 Å². The summed E-state index contributed by atoms with van der Waals surface area (Å²) in [6.07, 6.45) is 4.86. The average Bonchev–Trinajstić information content (AvgIpc) is 3.42. The molecule has 0 aromatic heterocycles. The molecule has 0 spiro atoms. The minimum absolute atomic E-state index is 0.0460. The molecule has 0 atom stereocenters. The van der Waals surface area contributed by atoms with E-state index in [1.807, 2.05) is 12.1 Å². The molecule has 32 heavy (non-hydrogen) atoms. The van der Waals surface area contributed by atoms with E-state index in [0.29, 0.717) is 30.4 Å². The molecule has 172 valence electrons. The van der Waals surface area contributed by atoms with Gasteiger partial charge in [-0.1, -0.05) is 12.1 Å². The minimum atomic E-state index is -5.36. The highest BCUT2D eigenvalue weighted by atomic mass is 19.3. The summed E-state index contributed by atoms with van der Waals surface area (Å²) in [5.41, 5.74) is 2.88. The molecule has 4 aliphatic carbocycles. The van der Waals surface area contributed by atoms with Crippen LogP contribution in [0.5, 0.6) is 0 Å². The fourth-order valence-electron chi connectivity index (χ4n) is 5.35. The molecule has 0 unspecified atom stereocenters. The molecule has 0 radical (unpaired) electrons. The Morgan fingerprint density at radius 1 is 0.469 bits per heavy atom. The molecular weight excluding hydrogens is 440 g/mol. The van der Waals surface area contributed by atoms with Crippen LogP contribution in [0.4, 0.5) is 35.1 Å². The molecule has 6 rings (SSSR count). The maximum absolute atomic E-state index is 13.4. The van der Waals surface area contributed by atoms with Crippen LogP contribution in [-0.2, 0) is 50.4 Å². The highest BCUT2D eigenvalue weighted by molar-refractivity contribution is 5.50. The Kier molecular flexibility index (Phi) is 4.55. The third kappa shape index (κ3) is 3.00. The Labute approximate surface area is 179 Å². The first-order valence-electron chi connectivity index (χ1n) is 10.6. The largest absolute Gasteiger partial charge is 0.380 e. The monoisotopic (exact) mass is 460 g/mol. The second kappa shape index (κ2) is 6.70. The lowest BCUT2D eigenvalue weighted by Gasteiger charge is -2.23. The van der Waals surface area contributed by atoms with Crippen molar-refractivity contribution < 1.29 is 35.1 Å². The first kappa shape index (κ1) is 21.7. The van der Waals surface area contributed by atoms with Crippen molar-refractivity contribution in [2.24, 2.45) is 0 Å². The van der Waals surface area contributed by atoms with Crippen molar-refractivity contribution in [2.75, 3.05) is 0 Å². The van der Waals surface area contributed by atoms with Crippen molar-refractivity contribution in [3.8, 4) is 0 Å². The number of halogens is 8. The van der Waals surface area contributed by atoms with E-state index in [1.54, 1.807) is 0 Å². The van der Waals surface area contributed by atoms with E-state index in [0.717, 1.165) is 36.1 Å². The Morgan fingerprint density at radius 3 is 1.19 bits per heavy atom. The van der Waals surface area contributed by atoms with Crippen LogP contribution in [0.25, 0.3) is 0 Å². The van der Waals surface area contributed by atoms with Gasteiger partial charge in [0, 0.05) is 24.0 Å². The van der Waals surface area contributed by atoms with E-state index in [2.05, 4.69) is 0 Å². The van der Waals surface area contributed by atoms with Gasteiger partial charge in [-0.15, -0.1) is 0 Å². The van der Waals surface area contributed by atoms with Crippen LogP contribution < -0.4 is 0 Å². The van der Waals surface area contributed by atoms with Crippen LogP contribution in [0.1, 0.15) is 57.3 Å². The quantitative estimate of drug-likeness (QED) is 0.375. The van der Waals surface area contributed by atoms with Gasteiger partial charge in [-0.3, -0.25) is 0 Å².